The zero-order chi connectivity index (χ0) is 24.1. The molecule has 0 aromatic heterocycles. The monoisotopic (exact) mass is 479 g/mol. The maximum absolute atomic E-state index is 13.2. The molecule has 1 heterocycles. The number of benzene rings is 3. The number of para-hydroxylation sites is 2. The van der Waals surface area contributed by atoms with Crippen molar-refractivity contribution in [1.29, 1.82) is 0 Å². The van der Waals surface area contributed by atoms with Gasteiger partial charge in [0.25, 0.3) is 5.91 Å². The Balaban J connectivity index is 1.52. The number of carbonyl (C=O) groups is 3. The molecule has 0 saturated carbocycles. The minimum atomic E-state index is -1.05. The Morgan fingerprint density at radius 2 is 1.68 bits per heavy atom. The number of nitrogens with zero attached hydrogens (tertiary/aromatic N) is 1. The number of anilines is 3. The molecule has 2 N–H and O–H groups in total. The summed E-state index contributed by atoms with van der Waals surface area (Å²) in [4.78, 5) is 40.2. The van der Waals surface area contributed by atoms with Crippen LogP contribution in [0, 0.1) is 0 Å². The summed E-state index contributed by atoms with van der Waals surface area (Å²) in [7, 11) is 1.55. The molecule has 1 aliphatic rings. The van der Waals surface area contributed by atoms with E-state index >= 15 is 0 Å². The second kappa shape index (κ2) is 10.3. The van der Waals surface area contributed by atoms with Gasteiger partial charge in [-0.05, 0) is 60.7 Å². The Hall–Kier alpha value is -4.04. The quantitative estimate of drug-likeness (QED) is 0.531. The molecule has 8 nitrogen and oxygen atoms in total. The third kappa shape index (κ3) is 5.29. The second-order valence-corrected chi connectivity index (χ2v) is 7.95. The second-order valence-electron chi connectivity index (χ2n) is 7.51. The van der Waals surface area contributed by atoms with Crippen molar-refractivity contribution in [3.05, 3.63) is 77.8 Å². The fraction of sp³-hybridized carbons (Fsp3) is 0.160. The fourth-order valence-electron chi connectivity index (χ4n) is 3.59. The molecular weight excluding hydrogens is 458 g/mol. The molecular formula is C25H22ClN3O5. The van der Waals surface area contributed by atoms with Gasteiger partial charge in [-0.15, -0.1) is 0 Å². The van der Waals surface area contributed by atoms with Crippen molar-refractivity contribution >= 4 is 46.4 Å². The summed E-state index contributed by atoms with van der Waals surface area (Å²) < 4.78 is 10.7. The van der Waals surface area contributed by atoms with Gasteiger partial charge in [0.15, 0.2) is 6.61 Å². The van der Waals surface area contributed by atoms with Crippen LogP contribution in [0.4, 0.5) is 17.1 Å². The number of nitrogens with one attached hydrogen (secondary N) is 2. The van der Waals surface area contributed by atoms with E-state index in [1.807, 2.05) is 0 Å². The lowest BCUT2D eigenvalue weighted by Gasteiger charge is -2.36. The summed E-state index contributed by atoms with van der Waals surface area (Å²) >= 11 is 5.89. The van der Waals surface area contributed by atoms with Crippen molar-refractivity contribution in [2.75, 3.05) is 29.3 Å². The summed E-state index contributed by atoms with van der Waals surface area (Å²) in [5.41, 5.74) is 1.53. The number of methoxy groups -OCH3 is 1. The van der Waals surface area contributed by atoms with Crippen molar-refractivity contribution in [3.63, 3.8) is 0 Å². The average Bonchev–Trinajstić information content (AvgIpc) is 2.84. The molecule has 4 rings (SSSR count). The van der Waals surface area contributed by atoms with Crippen molar-refractivity contribution in [3.8, 4) is 11.5 Å². The van der Waals surface area contributed by atoms with Gasteiger partial charge >= 0.3 is 0 Å². The molecule has 0 saturated heterocycles. The third-order valence-corrected chi connectivity index (χ3v) is 5.48. The molecule has 0 aliphatic carbocycles. The first kappa shape index (κ1) is 23.1. The van der Waals surface area contributed by atoms with E-state index in [4.69, 9.17) is 21.1 Å². The van der Waals surface area contributed by atoms with Gasteiger partial charge in [-0.1, -0.05) is 23.7 Å². The van der Waals surface area contributed by atoms with Crippen LogP contribution in [0.1, 0.15) is 6.42 Å². The number of rotatable bonds is 7. The summed E-state index contributed by atoms with van der Waals surface area (Å²) in [5.74, 6) is -0.218. The zero-order valence-corrected chi connectivity index (χ0v) is 19.0. The van der Waals surface area contributed by atoms with Crippen molar-refractivity contribution in [2.45, 2.75) is 12.5 Å². The SMILES string of the molecule is COc1ccc(NC(=O)C[C@@H]2C(=O)Nc3ccccc3N2C(=O)COc2ccc(Cl)cc2)cc1. The average molecular weight is 480 g/mol. The van der Waals surface area contributed by atoms with Crippen LogP contribution in [-0.2, 0) is 14.4 Å². The van der Waals surface area contributed by atoms with Crippen LogP contribution in [0.3, 0.4) is 0 Å². The summed E-state index contributed by atoms with van der Waals surface area (Å²) in [5, 5.41) is 6.07. The van der Waals surface area contributed by atoms with Crippen molar-refractivity contribution < 1.29 is 23.9 Å². The first-order valence-electron chi connectivity index (χ1n) is 10.5. The van der Waals surface area contributed by atoms with Crippen molar-refractivity contribution in [1.82, 2.24) is 0 Å². The molecule has 174 valence electrons. The highest BCUT2D eigenvalue weighted by atomic mass is 35.5. The van der Waals surface area contributed by atoms with Gasteiger partial charge in [0, 0.05) is 10.7 Å². The Morgan fingerprint density at radius 1 is 1.00 bits per heavy atom. The number of hydrogen-bond donors (Lipinski definition) is 2. The number of amides is 3. The Morgan fingerprint density at radius 3 is 2.38 bits per heavy atom. The molecule has 34 heavy (non-hydrogen) atoms. The number of carbonyl (C=O) groups excluding carboxylic acids is 3. The Labute approximate surface area is 201 Å². The van der Waals surface area contributed by atoms with E-state index < -0.39 is 23.8 Å². The van der Waals surface area contributed by atoms with Gasteiger partial charge in [-0.2, -0.15) is 0 Å². The van der Waals surface area contributed by atoms with E-state index in [1.165, 1.54) is 4.90 Å². The highest BCUT2D eigenvalue weighted by Gasteiger charge is 2.38. The van der Waals surface area contributed by atoms with E-state index in [1.54, 1.807) is 79.9 Å². The fourth-order valence-corrected chi connectivity index (χ4v) is 3.72. The van der Waals surface area contributed by atoms with Gasteiger partial charge in [-0.25, -0.2) is 0 Å². The molecule has 0 fully saturated rings. The van der Waals surface area contributed by atoms with E-state index in [9.17, 15) is 14.4 Å². The number of halogens is 1. The standard InChI is InChI=1S/C25H22ClN3O5/c1-33-18-12-8-17(9-13-18)27-23(30)14-22-25(32)28-20-4-2-3-5-21(20)29(22)24(31)15-34-19-10-6-16(26)7-11-19/h2-13,22H,14-15H2,1H3,(H,27,30)(H,28,32)/t22-/m1/s1. The minimum absolute atomic E-state index is 0.237. The molecule has 3 amide bonds. The van der Waals surface area contributed by atoms with Crippen LogP contribution in [0.5, 0.6) is 11.5 Å². The minimum Gasteiger partial charge on any atom is -0.497 e. The van der Waals surface area contributed by atoms with Crippen LogP contribution >= 0.6 is 11.6 Å². The van der Waals surface area contributed by atoms with Gasteiger partial charge in [-0.3, -0.25) is 19.3 Å². The van der Waals surface area contributed by atoms with Crippen LogP contribution in [0.2, 0.25) is 5.02 Å². The number of ether oxygens (including phenoxy) is 2. The van der Waals surface area contributed by atoms with Crippen LogP contribution in [0.15, 0.2) is 72.8 Å². The predicted octanol–water partition coefficient (Wildman–Crippen LogP) is 4.11. The zero-order valence-electron chi connectivity index (χ0n) is 18.3. The predicted molar refractivity (Wildman–Crippen MR) is 130 cm³/mol. The third-order valence-electron chi connectivity index (χ3n) is 5.23. The topological polar surface area (TPSA) is 97.0 Å². The molecule has 1 atom stereocenters. The Kier molecular flexibility index (Phi) is 6.98. The van der Waals surface area contributed by atoms with Gasteiger partial charge in [0.2, 0.25) is 11.8 Å². The lowest BCUT2D eigenvalue weighted by Crippen LogP contribution is -2.53. The maximum atomic E-state index is 13.2. The molecule has 1 aliphatic heterocycles. The maximum Gasteiger partial charge on any atom is 0.265 e. The largest absolute Gasteiger partial charge is 0.497 e. The Bertz CT molecular complexity index is 1200. The van der Waals surface area contributed by atoms with E-state index in [0.29, 0.717) is 33.6 Å². The molecule has 0 spiro atoms. The van der Waals surface area contributed by atoms with Crippen LogP contribution in [-0.4, -0.2) is 37.5 Å². The lowest BCUT2D eigenvalue weighted by molar-refractivity contribution is -0.127. The summed E-state index contributed by atoms with van der Waals surface area (Å²) in [6, 6.07) is 19.3. The highest BCUT2D eigenvalue weighted by molar-refractivity contribution is 6.30. The van der Waals surface area contributed by atoms with E-state index in [0.717, 1.165) is 0 Å². The lowest BCUT2D eigenvalue weighted by atomic mass is 10.0. The molecule has 3 aromatic carbocycles. The summed E-state index contributed by atoms with van der Waals surface area (Å²) in [6.07, 6.45) is -0.237. The smallest absolute Gasteiger partial charge is 0.265 e. The van der Waals surface area contributed by atoms with Crippen LogP contribution < -0.4 is 25.0 Å². The molecule has 0 bridgehead atoms. The normalized spacial score (nSPS) is 14.6. The van der Waals surface area contributed by atoms with E-state index in [2.05, 4.69) is 10.6 Å². The first-order chi connectivity index (χ1) is 16.4. The highest BCUT2D eigenvalue weighted by Crippen LogP contribution is 2.33. The van der Waals surface area contributed by atoms with Gasteiger partial charge in [0.05, 0.1) is 24.9 Å². The van der Waals surface area contributed by atoms with Crippen LogP contribution in [0.25, 0.3) is 0 Å². The summed E-state index contributed by atoms with van der Waals surface area (Å²) in [6.45, 7) is -0.320. The van der Waals surface area contributed by atoms with Gasteiger partial charge < -0.3 is 20.1 Å². The number of fused-ring (bicyclic) bond motifs is 1. The molecule has 0 unspecified atom stereocenters. The molecule has 9 heteroatoms. The molecule has 3 aromatic rings. The van der Waals surface area contributed by atoms with Gasteiger partial charge in [0.1, 0.15) is 17.5 Å². The van der Waals surface area contributed by atoms with Crippen molar-refractivity contribution in [2.24, 2.45) is 0 Å². The number of hydrogen-bond acceptors (Lipinski definition) is 5. The van der Waals surface area contributed by atoms with E-state index in [-0.39, 0.29) is 13.0 Å². The molecule has 0 radical (unpaired) electrons. The first-order valence-corrected chi connectivity index (χ1v) is 10.9.